The molecule has 0 radical (unpaired) electrons. The highest BCUT2D eigenvalue weighted by atomic mass is 32.2. The Morgan fingerprint density at radius 2 is 1.70 bits per heavy atom. The number of hydrogen-bond acceptors (Lipinski definition) is 6. The van der Waals surface area contributed by atoms with Gasteiger partial charge in [0.25, 0.3) is 5.84 Å². The van der Waals surface area contributed by atoms with Gasteiger partial charge in [0.1, 0.15) is 0 Å². The summed E-state index contributed by atoms with van der Waals surface area (Å²) in [5.74, 6) is 1.34. The molecule has 0 aromatic heterocycles. The Balaban J connectivity index is 2.52. The van der Waals surface area contributed by atoms with Gasteiger partial charge in [0.05, 0.1) is 21.3 Å². The van der Waals surface area contributed by atoms with Crippen molar-refractivity contribution >= 4 is 16.0 Å². The van der Waals surface area contributed by atoms with E-state index in [2.05, 4.69) is 9.12 Å². The molecule has 8 nitrogen and oxygen atoms in total. The van der Waals surface area contributed by atoms with E-state index in [-0.39, 0.29) is 5.84 Å². The molecule has 0 aliphatic carbocycles. The number of hydrogen-bond donors (Lipinski definition) is 3. The van der Waals surface area contributed by atoms with E-state index in [0.29, 0.717) is 22.8 Å². The second kappa shape index (κ2) is 5.17. The molecule has 0 saturated heterocycles. The van der Waals surface area contributed by atoms with Gasteiger partial charge in [-0.3, -0.25) is 5.73 Å². The Morgan fingerprint density at radius 3 is 2.05 bits per heavy atom. The van der Waals surface area contributed by atoms with Crippen molar-refractivity contribution in [3.63, 3.8) is 0 Å². The first-order valence-electron chi connectivity index (χ1n) is 5.64. The first-order chi connectivity index (χ1) is 9.41. The fourth-order valence-corrected chi connectivity index (χ4v) is 3.04. The summed E-state index contributed by atoms with van der Waals surface area (Å²) in [5.41, 5.74) is 6.27. The Bertz CT molecular complexity index is 631. The van der Waals surface area contributed by atoms with Gasteiger partial charge in [0.2, 0.25) is 5.75 Å². The van der Waals surface area contributed by atoms with Crippen molar-refractivity contribution in [1.29, 1.82) is 0 Å². The third-order valence-corrected chi connectivity index (χ3v) is 3.91. The summed E-state index contributed by atoms with van der Waals surface area (Å²) in [5, 5.41) is 0. The number of rotatable bonds is 4. The molecule has 1 aliphatic heterocycles. The highest BCUT2D eigenvalue weighted by molar-refractivity contribution is 7.83. The van der Waals surface area contributed by atoms with E-state index in [1.165, 1.54) is 21.3 Å². The van der Waals surface area contributed by atoms with Crippen LogP contribution in [-0.4, -0.2) is 35.6 Å². The Kier molecular flexibility index (Phi) is 3.73. The number of nitrogens with two attached hydrogens (primary N) is 1. The molecule has 0 spiro atoms. The zero-order valence-electron chi connectivity index (χ0n) is 11.3. The minimum Gasteiger partial charge on any atom is -0.493 e. The Hall–Kier alpha value is -2.00. The molecule has 0 amide bonds. The fourth-order valence-electron chi connectivity index (χ4n) is 1.98. The van der Waals surface area contributed by atoms with Gasteiger partial charge in [-0.1, -0.05) is 0 Å². The SMILES string of the molecule is COc1cc([C@H]2NS(=O)(=O)[NH+]=C2N)cc(OC)c1OC. The van der Waals surface area contributed by atoms with Crippen LogP contribution in [0.25, 0.3) is 0 Å². The lowest BCUT2D eigenvalue weighted by Gasteiger charge is -2.15. The third-order valence-electron chi connectivity index (χ3n) is 2.86. The normalized spacial score (nSPS) is 20.4. The van der Waals surface area contributed by atoms with E-state index in [4.69, 9.17) is 19.9 Å². The number of ether oxygens (including phenoxy) is 3. The standard InChI is InChI=1S/C11H15N3O5S/c1-17-7-4-6(5-8(18-2)10(7)19-3)9-11(12)14-20(15,16)13-9/h4-5,9,13H,1-3H3,(H2,12,14)/p+1/t9-/m1/s1. The van der Waals surface area contributed by atoms with E-state index in [9.17, 15) is 8.42 Å². The van der Waals surface area contributed by atoms with E-state index >= 15 is 0 Å². The van der Waals surface area contributed by atoms with Gasteiger partial charge in [-0.05, 0) is 17.7 Å². The van der Waals surface area contributed by atoms with Crippen LogP contribution in [0.1, 0.15) is 11.6 Å². The van der Waals surface area contributed by atoms with Crippen LogP contribution in [0.4, 0.5) is 0 Å². The molecule has 0 fully saturated rings. The fraction of sp³-hybridized carbons (Fsp3) is 0.364. The molecule has 110 valence electrons. The Labute approximate surface area is 116 Å². The van der Waals surface area contributed by atoms with Crippen LogP contribution in [0.3, 0.4) is 0 Å². The molecule has 1 aromatic carbocycles. The zero-order chi connectivity index (χ0) is 14.9. The van der Waals surface area contributed by atoms with Crippen LogP contribution in [0.5, 0.6) is 17.2 Å². The first kappa shape index (κ1) is 14.4. The summed E-state index contributed by atoms with van der Waals surface area (Å²) in [4.78, 5) is 0. The molecule has 4 N–H and O–H groups in total. The average Bonchev–Trinajstić information content (AvgIpc) is 2.70. The average molecular weight is 302 g/mol. The zero-order valence-corrected chi connectivity index (χ0v) is 12.1. The largest absolute Gasteiger partial charge is 0.493 e. The van der Waals surface area contributed by atoms with Crippen LogP contribution >= 0.6 is 0 Å². The van der Waals surface area contributed by atoms with Gasteiger partial charge in [0, 0.05) is 0 Å². The molecule has 9 heteroatoms. The number of amidine groups is 1. The van der Waals surface area contributed by atoms with Gasteiger partial charge in [-0.2, -0.15) is 17.5 Å². The van der Waals surface area contributed by atoms with E-state index in [1.54, 1.807) is 12.1 Å². The molecule has 1 atom stereocenters. The van der Waals surface area contributed by atoms with E-state index in [1.807, 2.05) is 0 Å². The van der Waals surface area contributed by atoms with Crippen LogP contribution in [0, 0.1) is 0 Å². The van der Waals surface area contributed by atoms with Gasteiger partial charge < -0.3 is 14.2 Å². The molecule has 2 rings (SSSR count). The lowest BCUT2D eigenvalue weighted by atomic mass is 10.1. The summed E-state index contributed by atoms with van der Waals surface area (Å²) < 4.78 is 43.1. The summed E-state index contributed by atoms with van der Waals surface area (Å²) in [6, 6.07) is 2.57. The van der Waals surface area contributed by atoms with Crippen molar-refractivity contribution in [2.45, 2.75) is 6.04 Å². The predicted octanol–water partition coefficient (Wildman–Crippen LogP) is -1.96. The molecule has 20 heavy (non-hydrogen) atoms. The van der Waals surface area contributed by atoms with Gasteiger partial charge in [0.15, 0.2) is 17.5 Å². The van der Waals surface area contributed by atoms with Crippen LogP contribution in [-0.2, 0) is 10.2 Å². The smallest absolute Gasteiger partial charge is 0.371 e. The number of nitrogens with one attached hydrogen (secondary N) is 2. The van der Waals surface area contributed by atoms with Crippen LogP contribution in [0.15, 0.2) is 12.1 Å². The Morgan fingerprint density at radius 1 is 1.15 bits per heavy atom. The lowest BCUT2D eigenvalue weighted by molar-refractivity contribution is -0.265. The second-order valence-electron chi connectivity index (χ2n) is 4.07. The minimum atomic E-state index is -3.62. The molecule has 0 saturated carbocycles. The predicted molar refractivity (Wildman–Crippen MR) is 71.1 cm³/mol. The monoisotopic (exact) mass is 302 g/mol. The molecule has 0 unspecified atom stereocenters. The molecule has 1 aromatic rings. The third kappa shape index (κ3) is 2.49. The first-order valence-corrected chi connectivity index (χ1v) is 7.12. The maximum absolute atomic E-state index is 11.4. The maximum Gasteiger partial charge on any atom is 0.371 e. The summed E-state index contributed by atoms with van der Waals surface area (Å²) in [6.45, 7) is 0. The van der Waals surface area contributed by atoms with Gasteiger partial charge in [-0.25, -0.2) is 0 Å². The molecule has 0 bridgehead atoms. The van der Waals surface area contributed by atoms with Crippen molar-refractivity contribution in [3.8, 4) is 17.2 Å². The van der Waals surface area contributed by atoms with Crippen LogP contribution in [0.2, 0.25) is 0 Å². The lowest BCUT2D eigenvalue weighted by Crippen LogP contribution is -2.76. The van der Waals surface area contributed by atoms with Crippen LogP contribution < -0.4 is 29.1 Å². The second-order valence-corrected chi connectivity index (χ2v) is 5.52. The topological polar surface area (TPSA) is 114 Å². The van der Waals surface area contributed by atoms with Crippen molar-refractivity contribution in [3.05, 3.63) is 17.7 Å². The molecule has 1 aliphatic rings. The maximum atomic E-state index is 11.4. The molecular formula is C11H16N3O5S+. The van der Waals surface area contributed by atoms with E-state index in [0.717, 1.165) is 0 Å². The number of benzene rings is 1. The number of methoxy groups -OCH3 is 3. The summed E-state index contributed by atoms with van der Waals surface area (Å²) in [6.07, 6.45) is 0. The van der Waals surface area contributed by atoms with Crippen molar-refractivity contribution in [2.24, 2.45) is 5.73 Å². The van der Waals surface area contributed by atoms with Gasteiger partial charge >= 0.3 is 10.2 Å². The van der Waals surface area contributed by atoms with Crippen molar-refractivity contribution in [2.75, 3.05) is 21.3 Å². The summed E-state index contributed by atoms with van der Waals surface area (Å²) >= 11 is 0. The highest BCUT2D eigenvalue weighted by Crippen LogP contribution is 2.39. The molecule has 1 heterocycles. The van der Waals surface area contributed by atoms with E-state index < -0.39 is 16.3 Å². The van der Waals surface area contributed by atoms with Crippen molar-refractivity contribution in [1.82, 2.24) is 4.72 Å². The summed E-state index contributed by atoms with van der Waals surface area (Å²) in [7, 11) is 0.819. The van der Waals surface area contributed by atoms with Gasteiger partial charge in [-0.15, -0.1) is 0 Å². The highest BCUT2D eigenvalue weighted by Gasteiger charge is 2.35. The molecular weight excluding hydrogens is 286 g/mol. The quantitative estimate of drug-likeness (QED) is 0.595. The van der Waals surface area contributed by atoms with Crippen molar-refractivity contribution < 1.29 is 27.0 Å². The minimum absolute atomic E-state index is 0.0827.